The summed E-state index contributed by atoms with van der Waals surface area (Å²) < 4.78 is 6.79. The molecule has 0 aromatic heterocycles. The first-order valence-electron chi connectivity index (χ1n) is 9.01. The highest BCUT2D eigenvalue weighted by Crippen LogP contribution is 2.32. The molecule has 4 nitrogen and oxygen atoms in total. The molecule has 2 rings (SSSR count). The Balaban J connectivity index is 2.01. The molecule has 5 heteroatoms. The van der Waals surface area contributed by atoms with Crippen molar-refractivity contribution in [2.45, 2.75) is 47.5 Å². The summed E-state index contributed by atoms with van der Waals surface area (Å²) in [4.78, 5) is 12.1. The van der Waals surface area contributed by atoms with Gasteiger partial charge in [-0.25, -0.2) is 5.43 Å². The molecule has 2 aromatic rings. The first-order chi connectivity index (χ1) is 12.7. The van der Waals surface area contributed by atoms with E-state index in [0.29, 0.717) is 5.92 Å². The lowest BCUT2D eigenvalue weighted by Gasteiger charge is -2.15. The van der Waals surface area contributed by atoms with Crippen LogP contribution in [0.25, 0.3) is 0 Å². The second kappa shape index (κ2) is 9.18. The Hall–Kier alpha value is -2.14. The van der Waals surface area contributed by atoms with Gasteiger partial charge in [-0.2, -0.15) is 5.10 Å². The molecule has 0 aliphatic carbocycles. The summed E-state index contributed by atoms with van der Waals surface area (Å²) >= 11 is 3.55. The van der Waals surface area contributed by atoms with Crippen LogP contribution in [0.4, 0.5) is 0 Å². The van der Waals surface area contributed by atoms with Gasteiger partial charge >= 0.3 is 0 Å². The molecule has 1 amide bonds. The zero-order valence-electron chi connectivity index (χ0n) is 16.8. The van der Waals surface area contributed by atoms with Crippen molar-refractivity contribution < 1.29 is 9.53 Å². The Labute approximate surface area is 170 Å². The van der Waals surface area contributed by atoms with E-state index in [-0.39, 0.29) is 12.5 Å². The minimum absolute atomic E-state index is 0.0794. The fourth-order valence-corrected chi connectivity index (χ4v) is 3.35. The summed E-state index contributed by atoms with van der Waals surface area (Å²) in [5.41, 5.74) is 9.17. The predicted octanol–water partition coefficient (Wildman–Crippen LogP) is 5.34. The molecule has 0 atom stereocenters. The van der Waals surface area contributed by atoms with Crippen LogP contribution in [-0.4, -0.2) is 18.7 Å². The average Bonchev–Trinajstić information content (AvgIpc) is 2.57. The highest BCUT2D eigenvalue weighted by Gasteiger charge is 2.12. The van der Waals surface area contributed by atoms with Crippen molar-refractivity contribution in [3.63, 3.8) is 0 Å². The SMILES string of the molecule is Cc1cc(C)c(/C=N/NC(=O)COc2cc(C)c(Br)cc2C(C)C)c(C)c1. The number of nitrogens with one attached hydrogen (secondary N) is 1. The maximum atomic E-state index is 12.1. The van der Waals surface area contributed by atoms with Crippen molar-refractivity contribution in [3.05, 3.63) is 62.1 Å². The summed E-state index contributed by atoms with van der Waals surface area (Å²) in [7, 11) is 0. The molecular formula is C22H27BrN2O2. The van der Waals surface area contributed by atoms with Crippen LogP contribution in [0.3, 0.4) is 0 Å². The summed E-state index contributed by atoms with van der Waals surface area (Å²) in [5.74, 6) is 0.740. The number of halogens is 1. The van der Waals surface area contributed by atoms with Crippen molar-refractivity contribution in [2.75, 3.05) is 6.61 Å². The van der Waals surface area contributed by atoms with Gasteiger partial charge in [0.05, 0.1) is 6.21 Å². The number of carbonyl (C=O) groups excluding carboxylic acids is 1. The largest absolute Gasteiger partial charge is 0.483 e. The molecule has 2 aromatic carbocycles. The molecule has 0 saturated heterocycles. The van der Waals surface area contributed by atoms with Crippen LogP contribution in [0, 0.1) is 27.7 Å². The van der Waals surface area contributed by atoms with E-state index in [0.717, 1.165) is 38.0 Å². The molecule has 0 spiro atoms. The van der Waals surface area contributed by atoms with Crippen LogP contribution >= 0.6 is 15.9 Å². The Bertz CT molecular complexity index is 850. The van der Waals surface area contributed by atoms with Gasteiger partial charge in [0, 0.05) is 10.0 Å². The van der Waals surface area contributed by atoms with E-state index < -0.39 is 0 Å². The van der Waals surface area contributed by atoms with Crippen LogP contribution in [0.15, 0.2) is 33.8 Å². The zero-order valence-corrected chi connectivity index (χ0v) is 18.4. The Morgan fingerprint density at radius 1 is 1.11 bits per heavy atom. The third-order valence-electron chi connectivity index (χ3n) is 4.39. The molecule has 0 saturated carbocycles. The van der Waals surface area contributed by atoms with E-state index in [1.807, 2.05) is 32.9 Å². The number of amides is 1. The van der Waals surface area contributed by atoms with E-state index in [1.54, 1.807) is 6.21 Å². The van der Waals surface area contributed by atoms with Gasteiger partial charge in [-0.05, 0) is 68.0 Å². The number of ether oxygens (including phenoxy) is 1. The lowest BCUT2D eigenvalue weighted by Crippen LogP contribution is -2.25. The summed E-state index contributed by atoms with van der Waals surface area (Å²) in [5, 5.41) is 4.08. The third-order valence-corrected chi connectivity index (χ3v) is 5.25. The highest BCUT2D eigenvalue weighted by atomic mass is 79.9. The van der Waals surface area contributed by atoms with Crippen LogP contribution in [0.5, 0.6) is 5.75 Å². The number of hydrazone groups is 1. The smallest absolute Gasteiger partial charge is 0.277 e. The van der Waals surface area contributed by atoms with E-state index >= 15 is 0 Å². The van der Waals surface area contributed by atoms with Gasteiger partial charge in [-0.3, -0.25) is 4.79 Å². The molecule has 144 valence electrons. The van der Waals surface area contributed by atoms with Crippen molar-refractivity contribution in [1.82, 2.24) is 5.43 Å². The molecule has 1 N–H and O–H groups in total. The van der Waals surface area contributed by atoms with Crippen molar-refractivity contribution in [3.8, 4) is 5.75 Å². The fraction of sp³-hybridized carbons (Fsp3) is 0.364. The fourth-order valence-electron chi connectivity index (χ4n) is 2.99. The maximum Gasteiger partial charge on any atom is 0.277 e. The van der Waals surface area contributed by atoms with Crippen LogP contribution in [0.1, 0.15) is 53.1 Å². The topological polar surface area (TPSA) is 50.7 Å². The number of benzene rings is 2. The van der Waals surface area contributed by atoms with E-state index in [9.17, 15) is 4.79 Å². The van der Waals surface area contributed by atoms with Crippen molar-refractivity contribution >= 4 is 28.1 Å². The van der Waals surface area contributed by atoms with E-state index in [2.05, 4.69) is 59.4 Å². The van der Waals surface area contributed by atoms with Crippen LogP contribution in [0.2, 0.25) is 0 Å². The van der Waals surface area contributed by atoms with E-state index in [4.69, 9.17) is 4.74 Å². The molecule has 0 unspecified atom stereocenters. The first kappa shape index (κ1) is 21.2. The number of hydrogen-bond acceptors (Lipinski definition) is 3. The number of carbonyl (C=O) groups is 1. The molecule has 0 radical (unpaired) electrons. The monoisotopic (exact) mass is 430 g/mol. The average molecular weight is 431 g/mol. The van der Waals surface area contributed by atoms with Gasteiger partial charge in [0.1, 0.15) is 5.75 Å². The Kier molecular flexibility index (Phi) is 7.19. The normalized spacial score (nSPS) is 11.3. The van der Waals surface area contributed by atoms with Crippen molar-refractivity contribution in [1.29, 1.82) is 0 Å². The molecule has 27 heavy (non-hydrogen) atoms. The maximum absolute atomic E-state index is 12.1. The number of hydrogen-bond donors (Lipinski definition) is 1. The lowest BCUT2D eigenvalue weighted by molar-refractivity contribution is -0.123. The predicted molar refractivity (Wildman–Crippen MR) is 115 cm³/mol. The summed E-state index contributed by atoms with van der Waals surface area (Å²) in [6.45, 7) is 12.3. The van der Waals surface area contributed by atoms with Crippen LogP contribution in [-0.2, 0) is 4.79 Å². The van der Waals surface area contributed by atoms with Gasteiger partial charge in [0.25, 0.3) is 5.91 Å². The minimum atomic E-state index is -0.288. The molecule has 0 heterocycles. The minimum Gasteiger partial charge on any atom is -0.483 e. The third kappa shape index (κ3) is 5.67. The van der Waals surface area contributed by atoms with Gasteiger partial charge in [0.15, 0.2) is 6.61 Å². The number of aryl methyl sites for hydroxylation is 4. The second-order valence-corrected chi connectivity index (χ2v) is 8.04. The Morgan fingerprint density at radius 2 is 1.74 bits per heavy atom. The quantitative estimate of drug-likeness (QED) is 0.496. The molecule has 0 bridgehead atoms. The number of nitrogens with zero attached hydrogens (tertiary/aromatic N) is 1. The van der Waals surface area contributed by atoms with Crippen molar-refractivity contribution in [2.24, 2.45) is 5.10 Å². The Morgan fingerprint density at radius 3 is 2.33 bits per heavy atom. The van der Waals surface area contributed by atoms with Gasteiger partial charge in [-0.15, -0.1) is 0 Å². The molecule has 0 aliphatic rings. The first-order valence-corrected chi connectivity index (χ1v) is 9.81. The summed E-state index contributed by atoms with van der Waals surface area (Å²) in [6, 6.07) is 8.20. The van der Waals surface area contributed by atoms with Gasteiger partial charge in [-0.1, -0.05) is 47.5 Å². The van der Waals surface area contributed by atoms with Gasteiger partial charge in [0.2, 0.25) is 0 Å². The highest BCUT2D eigenvalue weighted by molar-refractivity contribution is 9.10. The second-order valence-electron chi connectivity index (χ2n) is 7.19. The molecule has 0 aliphatic heterocycles. The van der Waals surface area contributed by atoms with Gasteiger partial charge < -0.3 is 4.74 Å². The van der Waals surface area contributed by atoms with Crippen LogP contribution < -0.4 is 10.2 Å². The number of rotatable bonds is 6. The summed E-state index contributed by atoms with van der Waals surface area (Å²) in [6.07, 6.45) is 1.69. The lowest BCUT2D eigenvalue weighted by atomic mass is 10.0. The molecule has 0 fully saturated rings. The molecular weight excluding hydrogens is 404 g/mol. The van der Waals surface area contributed by atoms with E-state index in [1.165, 1.54) is 5.56 Å². The standard InChI is InChI=1S/C22H27BrN2O2/c1-13(2)18-10-20(23)17(6)9-21(18)27-12-22(26)25-24-11-19-15(4)7-14(3)8-16(19)5/h7-11,13H,12H2,1-6H3,(H,25,26)/b24-11+. The zero-order chi connectivity index (χ0) is 20.1.